The van der Waals surface area contributed by atoms with Gasteiger partial charge >= 0.3 is 0 Å². The van der Waals surface area contributed by atoms with E-state index in [4.69, 9.17) is 25.8 Å². The van der Waals surface area contributed by atoms with Crippen molar-refractivity contribution in [2.75, 3.05) is 26.6 Å². The quantitative estimate of drug-likeness (QED) is 0.888. The highest BCUT2D eigenvalue weighted by molar-refractivity contribution is 6.31. The van der Waals surface area contributed by atoms with Crippen molar-refractivity contribution in [2.45, 2.75) is 6.17 Å². The molecule has 0 spiro atoms. The van der Waals surface area contributed by atoms with Crippen LogP contribution in [0.15, 0.2) is 30.3 Å². The molecule has 1 atom stereocenters. The van der Waals surface area contributed by atoms with E-state index in [1.807, 2.05) is 0 Å². The molecule has 0 bridgehead atoms. The van der Waals surface area contributed by atoms with Gasteiger partial charge in [-0.05, 0) is 24.3 Å². The van der Waals surface area contributed by atoms with E-state index >= 15 is 0 Å². The van der Waals surface area contributed by atoms with Crippen LogP contribution in [0.1, 0.15) is 22.1 Å². The van der Waals surface area contributed by atoms with E-state index in [1.54, 1.807) is 51.7 Å². The van der Waals surface area contributed by atoms with E-state index < -0.39 is 6.17 Å². The highest BCUT2D eigenvalue weighted by Crippen LogP contribution is 2.39. The van der Waals surface area contributed by atoms with Crippen LogP contribution in [0.25, 0.3) is 0 Å². The van der Waals surface area contributed by atoms with Gasteiger partial charge in [-0.2, -0.15) is 0 Å². The molecule has 0 saturated heterocycles. The van der Waals surface area contributed by atoms with Crippen LogP contribution in [0.5, 0.6) is 17.2 Å². The molecule has 2 N–H and O–H groups in total. The molecule has 0 fully saturated rings. The molecule has 6 nitrogen and oxygen atoms in total. The number of benzene rings is 2. The van der Waals surface area contributed by atoms with E-state index in [1.165, 1.54) is 0 Å². The van der Waals surface area contributed by atoms with Gasteiger partial charge in [0.15, 0.2) is 11.5 Å². The number of hydrogen-bond donors (Lipinski definition) is 2. The average molecular weight is 349 g/mol. The van der Waals surface area contributed by atoms with Crippen LogP contribution in [0.2, 0.25) is 5.02 Å². The minimum atomic E-state index is -0.488. The van der Waals surface area contributed by atoms with Crippen molar-refractivity contribution in [2.24, 2.45) is 0 Å². The first-order valence-corrected chi connectivity index (χ1v) is 7.62. The number of anilines is 1. The summed E-state index contributed by atoms with van der Waals surface area (Å²) in [6.07, 6.45) is -0.488. The number of rotatable bonds is 4. The topological polar surface area (TPSA) is 68.8 Å². The van der Waals surface area contributed by atoms with Gasteiger partial charge in [-0.3, -0.25) is 4.79 Å². The average Bonchev–Trinajstić information content (AvgIpc) is 2.59. The number of carbonyl (C=O) groups excluding carboxylic acids is 1. The minimum absolute atomic E-state index is 0.192. The first kappa shape index (κ1) is 16.3. The monoisotopic (exact) mass is 348 g/mol. The first-order chi connectivity index (χ1) is 11.6. The molecular formula is C17H17ClN2O4. The van der Waals surface area contributed by atoms with E-state index in [9.17, 15) is 4.79 Å². The van der Waals surface area contributed by atoms with Crippen LogP contribution in [0.3, 0.4) is 0 Å². The third-order valence-electron chi connectivity index (χ3n) is 3.85. The fourth-order valence-corrected chi connectivity index (χ4v) is 2.84. The zero-order valence-electron chi connectivity index (χ0n) is 13.5. The number of carbonyl (C=O) groups is 1. The summed E-state index contributed by atoms with van der Waals surface area (Å²) in [5.74, 6) is 1.46. The second kappa shape index (κ2) is 6.49. The standard InChI is InChI=1S/C17H17ClN2O4/c1-22-13-8-15(24-3)14(23-2)7-11(13)16-19-12-6-9(18)4-5-10(12)17(21)20-16/h4-8,16,19H,1-3H3,(H,20,21)/t16-/m0/s1. The molecule has 0 saturated carbocycles. The number of fused-ring (bicyclic) bond motifs is 1. The van der Waals surface area contributed by atoms with Gasteiger partial charge in [-0.25, -0.2) is 0 Å². The summed E-state index contributed by atoms with van der Waals surface area (Å²) < 4.78 is 16.1. The van der Waals surface area contributed by atoms with Gasteiger partial charge in [0.2, 0.25) is 0 Å². The number of methoxy groups -OCH3 is 3. The smallest absolute Gasteiger partial charge is 0.255 e. The van der Waals surface area contributed by atoms with E-state index in [-0.39, 0.29) is 5.91 Å². The van der Waals surface area contributed by atoms with Crippen molar-refractivity contribution in [1.82, 2.24) is 5.32 Å². The molecule has 1 heterocycles. The molecule has 24 heavy (non-hydrogen) atoms. The second-order valence-electron chi connectivity index (χ2n) is 5.19. The normalized spacial score (nSPS) is 15.8. The molecule has 3 rings (SSSR count). The third-order valence-corrected chi connectivity index (χ3v) is 4.08. The Bertz CT molecular complexity index is 794. The van der Waals surface area contributed by atoms with E-state index in [0.29, 0.717) is 39.1 Å². The predicted octanol–water partition coefficient (Wildman–Crippen LogP) is 3.22. The van der Waals surface area contributed by atoms with Crippen LogP contribution in [0.4, 0.5) is 5.69 Å². The largest absolute Gasteiger partial charge is 0.496 e. The molecule has 0 aromatic heterocycles. The lowest BCUT2D eigenvalue weighted by molar-refractivity contribution is 0.0935. The fraction of sp³-hybridized carbons (Fsp3) is 0.235. The van der Waals surface area contributed by atoms with Crippen molar-refractivity contribution in [3.8, 4) is 17.2 Å². The maximum Gasteiger partial charge on any atom is 0.255 e. The van der Waals surface area contributed by atoms with E-state index in [2.05, 4.69) is 10.6 Å². The molecule has 7 heteroatoms. The van der Waals surface area contributed by atoms with Crippen LogP contribution in [-0.4, -0.2) is 27.2 Å². The number of amides is 1. The molecular weight excluding hydrogens is 332 g/mol. The number of hydrogen-bond acceptors (Lipinski definition) is 5. The zero-order chi connectivity index (χ0) is 17.3. The summed E-state index contributed by atoms with van der Waals surface area (Å²) in [4.78, 5) is 12.4. The molecule has 1 aliphatic rings. The van der Waals surface area contributed by atoms with Gasteiger partial charge < -0.3 is 24.8 Å². The van der Waals surface area contributed by atoms with Crippen molar-refractivity contribution >= 4 is 23.2 Å². The minimum Gasteiger partial charge on any atom is -0.496 e. The maximum absolute atomic E-state index is 12.4. The Morgan fingerprint density at radius 3 is 2.25 bits per heavy atom. The number of nitrogens with one attached hydrogen (secondary N) is 2. The number of halogens is 1. The molecule has 0 unspecified atom stereocenters. The summed E-state index contributed by atoms with van der Waals surface area (Å²) in [6.45, 7) is 0. The summed E-state index contributed by atoms with van der Waals surface area (Å²) in [5, 5.41) is 6.71. The highest BCUT2D eigenvalue weighted by atomic mass is 35.5. The van der Waals surface area contributed by atoms with Crippen LogP contribution < -0.4 is 24.8 Å². The highest BCUT2D eigenvalue weighted by Gasteiger charge is 2.28. The molecule has 1 aliphatic heterocycles. The Kier molecular flexibility index (Phi) is 4.40. The number of ether oxygens (including phenoxy) is 3. The molecule has 2 aromatic carbocycles. The summed E-state index contributed by atoms with van der Waals surface area (Å²) in [7, 11) is 4.66. The van der Waals surface area contributed by atoms with Gasteiger partial charge in [0.25, 0.3) is 5.91 Å². The molecule has 0 radical (unpaired) electrons. The Morgan fingerprint density at radius 1 is 0.917 bits per heavy atom. The fourth-order valence-electron chi connectivity index (χ4n) is 2.67. The summed E-state index contributed by atoms with van der Waals surface area (Å²) in [5.41, 5.74) is 1.91. The first-order valence-electron chi connectivity index (χ1n) is 7.24. The molecule has 1 amide bonds. The Morgan fingerprint density at radius 2 is 1.58 bits per heavy atom. The lowest BCUT2D eigenvalue weighted by Gasteiger charge is -2.29. The molecule has 2 aromatic rings. The van der Waals surface area contributed by atoms with Crippen LogP contribution >= 0.6 is 11.6 Å². The van der Waals surface area contributed by atoms with Gasteiger partial charge in [0.1, 0.15) is 11.9 Å². The van der Waals surface area contributed by atoms with Gasteiger partial charge in [0.05, 0.1) is 32.6 Å². The van der Waals surface area contributed by atoms with E-state index in [0.717, 1.165) is 0 Å². The Labute approximate surface area is 144 Å². The Hall–Kier alpha value is -2.60. The van der Waals surface area contributed by atoms with Crippen LogP contribution in [-0.2, 0) is 0 Å². The molecule has 126 valence electrons. The van der Waals surface area contributed by atoms with Gasteiger partial charge in [-0.15, -0.1) is 0 Å². The Balaban J connectivity index is 2.05. The lowest BCUT2D eigenvalue weighted by Crippen LogP contribution is -2.38. The van der Waals surface area contributed by atoms with Gasteiger partial charge in [0, 0.05) is 16.7 Å². The van der Waals surface area contributed by atoms with Crippen molar-refractivity contribution in [3.05, 3.63) is 46.5 Å². The van der Waals surface area contributed by atoms with Crippen molar-refractivity contribution in [3.63, 3.8) is 0 Å². The SMILES string of the molecule is COc1cc(OC)c([C@@H]2NC(=O)c3ccc(Cl)cc3N2)cc1OC. The van der Waals surface area contributed by atoms with Crippen LogP contribution in [0, 0.1) is 0 Å². The predicted molar refractivity (Wildman–Crippen MR) is 91.4 cm³/mol. The summed E-state index contributed by atoms with van der Waals surface area (Å²) >= 11 is 6.03. The third kappa shape index (κ3) is 2.80. The summed E-state index contributed by atoms with van der Waals surface area (Å²) in [6, 6.07) is 8.57. The lowest BCUT2D eigenvalue weighted by atomic mass is 10.0. The van der Waals surface area contributed by atoms with Crippen molar-refractivity contribution < 1.29 is 19.0 Å². The van der Waals surface area contributed by atoms with Gasteiger partial charge in [-0.1, -0.05) is 11.6 Å². The maximum atomic E-state index is 12.4. The van der Waals surface area contributed by atoms with Crippen molar-refractivity contribution in [1.29, 1.82) is 0 Å². The second-order valence-corrected chi connectivity index (χ2v) is 5.63. The molecule has 0 aliphatic carbocycles. The zero-order valence-corrected chi connectivity index (χ0v) is 14.2.